The van der Waals surface area contributed by atoms with Gasteiger partial charge in [0.05, 0.1) is 6.54 Å². The molecule has 0 spiro atoms. The van der Waals surface area contributed by atoms with E-state index < -0.39 is 0 Å². The van der Waals surface area contributed by atoms with Crippen molar-refractivity contribution in [2.45, 2.75) is 6.54 Å². The first-order valence-corrected chi connectivity index (χ1v) is 7.89. The Labute approximate surface area is 129 Å². The Kier molecular flexibility index (Phi) is 5.03. The number of rotatable bonds is 4. The molecule has 0 fully saturated rings. The van der Waals surface area contributed by atoms with Gasteiger partial charge in [0.2, 0.25) is 5.91 Å². The summed E-state index contributed by atoms with van der Waals surface area (Å²) >= 11 is 9.55. The summed E-state index contributed by atoms with van der Waals surface area (Å²) in [4.78, 5) is 13.7. The van der Waals surface area contributed by atoms with Gasteiger partial charge in [0, 0.05) is 9.26 Å². The molecule has 0 bridgehead atoms. The molecule has 0 N–H and O–H groups in total. The van der Waals surface area contributed by atoms with Crippen molar-refractivity contribution in [2.24, 2.45) is 0 Å². The Morgan fingerprint density at radius 1 is 1.39 bits per heavy atom. The topological polar surface area (TPSA) is 20.3 Å². The molecule has 0 saturated carbocycles. The van der Waals surface area contributed by atoms with Crippen LogP contribution < -0.4 is 4.90 Å². The molecular formula is C13H11ClINOS. The van der Waals surface area contributed by atoms with Gasteiger partial charge in [-0.3, -0.25) is 4.79 Å². The summed E-state index contributed by atoms with van der Waals surface area (Å²) in [5.74, 6) is -0.0832. The molecule has 2 aromatic rings. The Morgan fingerprint density at radius 2 is 2.22 bits per heavy atom. The molecule has 2 rings (SSSR count). The molecule has 18 heavy (non-hydrogen) atoms. The second-order valence-corrected chi connectivity index (χ2v) is 6.02. The first kappa shape index (κ1) is 13.8. The molecule has 0 aliphatic heterocycles. The number of carbonyl (C=O) groups excluding carboxylic acids is 1. The fourth-order valence-electron chi connectivity index (χ4n) is 1.60. The summed E-state index contributed by atoms with van der Waals surface area (Å²) in [6.07, 6.45) is 0. The van der Waals surface area contributed by atoms with Crippen LogP contribution in [0.1, 0.15) is 5.56 Å². The molecule has 5 heteroatoms. The molecule has 0 saturated heterocycles. The molecule has 2 nitrogen and oxygen atoms in total. The monoisotopic (exact) mass is 391 g/mol. The first-order valence-electron chi connectivity index (χ1n) is 5.33. The van der Waals surface area contributed by atoms with E-state index in [2.05, 4.69) is 22.6 Å². The van der Waals surface area contributed by atoms with Gasteiger partial charge in [-0.25, -0.2) is 0 Å². The van der Waals surface area contributed by atoms with E-state index in [9.17, 15) is 4.79 Å². The smallest absolute Gasteiger partial charge is 0.242 e. The van der Waals surface area contributed by atoms with Gasteiger partial charge in [-0.15, -0.1) is 11.6 Å². The number of nitrogens with zero attached hydrogens (tertiary/aromatic N) is 1. The van der Waals surface area contributed by atoms with E-state index in [1.165, 1.54) is 0 Å². The van der Waals surface area contributed by atoms with Crippen LogP contribution in [-0.2, 0) is 11.3 Å². The number of hydrogen-bond acceptors (Lipinski definition) is 2. The Bertz CT molecular complexity index is 530. The summed E-state index contributed by atoms with van der Waals surface area (Å²) in [7, 11) is 0. The van der Waals surface area contributed by atoms with Crippen LogP contribution in [0.5, 0.6) is 0 Å². The average Bonchev–Trinajstić information content (AvgIpc) is 2.88. The van der Waals surface area contributed by atoms with Crippen LogP contribution >= 0.6 is 45.5 Å². The van der Waals surface area contributed by atoms with Crippen molar-refractivity contribution in [1.82, 2.24) is 0 Å². The minimum Gasteiger partial charge on any atom is -0.307 e. The van der Waals surface area contributed by atoms with Gasteiger partial charge in [-0.1, -0.05) is 6.07 Å². The third-order valence-corrected chi connectivity index (χ3v) is 4.09. The minimum atomic E-state index is -0.0788. The van der Waals surface area contributed by atoms with Crippen molar-refractivity contribution < 1.29 is 4.79 Å². The number of anilines is 1. The van der Waals surface area contributed by atoms with E-state index in [1.54, 1.807) is 16.2 Å². The molecule has 0 aliphatic rings. The second-order valence-electron chi connectivity index (χ2n) is 3.72. The molecule has 0 atom stereocenters. The van der Waals surface area contributed by atoms with Crippen LogP contribution in [0.15, 0.2) is 41.1 Å². The van der Waals surface area contributed by atoms with Crippen LogP contribution in [0.3, 0.4) is 0 Å². The maximum absolute atomic E-state index is 11.9. The normalized spacial score (nSPS) is 10.3. The fourth-order valence-corrected chi connectivity index (χ4v) is 2.94. The molecule has 0 unspecified atom stereocenters. The summed E-state index contributed by atoms with van der Waals surface area (Å²) in [5.41, 5.74) is 2.01. The summed E-state index contributed by atoms with van der Waals surface area (Å²) in [6.45, 7) is 0.565. The van der Waals surface area contributed by atoms with E-state index in [1.807, 2.05) is 41.1 Å². The van der Waals surface area contributed by atoms with Crippen LogP contribution in [0.4, 0.5) is 5.69 Å². The predicted octanol–water partition coefficient (Wildman–Crippen LogP) is 4.12. The number of amides is 1. The molecule has 1 heterocycles. The number of benzene rings is 1. The van der Waals surface area contributed by atoms with Crippen molar-refractivity contribution in [3.05, 3.63) is 50.2 Å². The highest BCUT2D eigenvalue weighted by atomic mass is 127. The van der Waals surface area contributed by atoms with Crippen LogP contribution in [-0.4, -0.2) is 11.8 Å². The zero-order valence-corrected chi connectivity index (χ0v) is 13.2. The number of alkyl halides is 1. The van der Waals surface area contributed by atoms with Gasteiger partial charge in [-0.05, 0) is 63.2 Å². The van der Waals surface area contributed by atoms with Crippen molar-refractivity contribution >= 4 is 57.1 Å². The SMILES string of the molecule is O=C(CCl)N(Cc1ccsc1)c1cccc(I)c1. The van der Waals surface area contributed by atoms with E-state index >= 15 is 0 Å². The third-order valence-electron chi connectivity index (χ3n) is 2.46. The number of carbonyl (C=O) groups is 1. The molecule has 1 amide bonds. The highest BCUT2D eigenvalue weighted by molar-refractivity contribution is 14.1. The maximum Gasteiger partial charge on any atom is 0.242 e. The number of halogens is 2. The van der Waals surface area contributed by atoms with Gasteiger partial charge in [0.1, 0.15) is 5.88 Å². The Balaban J connectivity index is 2.28. The number of thiophene rings is 1. The highest BCUT2D eigenvalue weighted by Gasteiger charge is 2.15. The lowest BCUT2D eigenvalue weighted by Gasteiger charge is -2.21. The highest BCUT2D eigenvalue weighted by Crippen LogP contribution is 2.21. The van der Waals surface area contributed by atoms with E-state index in [4.69, 9.17) is 11.6 Å². The zero-order chi connectivity index (χ0) is 13.0. The predicted molar refractivity (Wildman–Crippen MR) is 85.4 cm³/mol. The lowest BCUT2D eigenvalue weighted by molar-refractivity contribution is -0.116. The van der Waals surface area contributed by atoms with Crippen LogP contribution in [0.2, 0.25) is 0 Å². The maximum atomic E-state index is 11.9. The van der Waals surface area contributed by atoms with Gasteiger partial charge in [0.25, 0.3) is 0 Å². The van der Waals surface area contributed by atoms with E-state index in [0.29, 0.717) is 6.54 Å². The second kappa shape index (κ2) is 6.54. The van der Waals surface area contributed by atoms with Crippen LogP contribution in [0, 0.1) is 3.57 Å². The van der Waals surface area contributed by atoms with Gasteiger partial charge >= 0.3 is 0 Å². The van der Waals surface area contributed by atoms with Crippen molar-refractivity contribution in [2.75, 3.05) is 10.8 Å². The molecule has 94 valence electrons. The minimum absolute atomic E-state index is 0.00435. The Hall–Kier alpha value is -0.590. The summed E-state index contributed by atoms with van der Waals surface area (Å²) in [5, 5.41) is 4.05. The number of hydrogen-bond donors (Lipinski definition) is 0. The summed E-state index contributed by atoms with van der Waals surface area (Å²) in [6, 6.07) is 9.88. The fraction of sp³-hybridized carbons (Fsp3) is 0.154. The average molecular weight is 392 g/mol. The molecule has 0 aliphatic carbocycles. The van der Waals surface area contributed by atoms with Crippen molar-refractivity contribution in [3.8, 4) is 0 Å². The van der Waals surface area contributed by atoms with Crippen molar-refractivity contribution in [3.63, 3.8) is 0 Å². The summed E-state index contributed by atoms with van der Waals surface area (Å²) < 4.78 is 1.10. The standard InChI is InChI=1S/C13H11ClINOS/c14-7-13(17)16(8-10-4-5-18-9-10)12-3-1-2-11(15)6-12/h1-6,9H,7-8H2. The quantitative estimate of drug-likeness (QED) is 0.567. The third kappa shape index (κ3) is 3.46. The van der Waals surface area contributed by atoms with E-state index in [0.717, 1.165) is 14.8 Å². The van der Waals surface area contributed by atoms with Gasteiger partial charge < -0.3 is 4.90 Å². The first-order chi connectivity index (χ1) is 8.70. The Morgan fingerprint density at radius 3 is 2.83 bits per heavy atom. The lowest BCUT2D eigenvalue weighted by atomic mass is 10.2. The zero-order valence-electron chi connectivity index (χ0n) is 9.48. The molecule has 0 radical (unpaired) electrons. The van der Waals surface area contributed by atoms with Crippen LogP contribution in [0.25, 0.3) is 0 Å². The largest absolute Gasteiger partial charge is 0.307 e. The molecule has 1 aromatic carbocycles. The molecule has 1 aromatic heterocycles. The lowest BCUT2D eigenvalue weighted by Crippen LogP contribution is -2.31. The van der Waals surface area contributed by atoms with E-state index in [-0.39, 0.29) is 11.8 Å². The van der Waals surface area contributed by atoms with Crippen molar-refractivity contribution in [1.29, 1.82) is 0 Å². The van der Waals surface area contributed by atoms with Gasteiger partial charge in [0.15, 0.2) is 0 Å². The molecular weight excluding hydrogens is 381 g/mol. The van der Waals surface area contributed by atoms with Gasteiger partial charge in [-0.2, -0.15) is 11.3 Å².